The normalized spacial score (nSPS) is 19.0. The van der Waals surface area contributed by atoms with Crippen LogP contribution < -0.4 is 10.6 Å². The van der Waals surface area contributed by atoms with E-state index in [9.17, 15) is 4.79 Å². The van der Waals surface area contributed by atoms with Crippen molar-refractivity contribution in [2.75, 3.05) is 5.32 Å². The molecule has 1 unspecified atom stereocenters. The van der Waals surface area contributed by atoms with Crippen LogP contribution in [0.25, 0.3) is 0 Å². The topological polar surface area (TPSA) is 41.1 Å². The zero-order valence-electron chi connectivity index (χ0n) is 9.38. The van der Waals surface area contributed by atoms with Gasteiger partial charge in [-0.1, -0.05) is 31.5 Å². The molecule has 0 bridgehead atoms. The summed E-state index contributed by atoms with van der Waals surface area (Å²) in [7, 11) is 0. The molecule has 0 radical (unpaired) electrons. The van der Waals surface area contributed by atoms with Gasteiger partial charge in [-0.2, -0.15) is 0 Å². The van der Waals surface area contributed by atoms with E-state index in [4.69, 9.17) is 11.6 Å². The van der Waals surface area contributed by atoms with Crippen molar-refractivity contribution in [1.82, 2.24) is 5.32 Å². The zero-order chi connectivity index (χ0) is 11.7. The van der Waals surface area contributed by atoms with Gasteiger partial charge >= 0.3 is 6.03 Å². The summed E-state index contributed by atoms with van der Waals surface area (Å²) in [6.07, 6.45) is 0.933. The number of anilines is 1. The first-order valence-corrected chi connectivity index (χ1v) is 5.81. The predicted octanol–water partition coefficient (Wildman–Crippen LogP) is 3.56. The summed E-state index contributed by atoms with van der Waals surface area (Å²) < 4.78 is 0. The second-order valence-corrected chi connectivity index (χ2v) is 4.95. The molecule has 1 aromatic rings. The number of fused-ring (bicyclic) bond motifs is 1. The summed E-state index contributed by atoms with van der Waals surface area (Å²) in [5.74, 6) is 0.534. The Balaban J connectivity index is 2.34. The number of carbonyl (C=O) groups is 1. The predicted molar refractivity (Wildman–Crippen MR) is 65.8 cm³/mol. The monoisotopic (exact) mass is 238 g/mol. The fourth-order valence-electron chi connectivity index (χ4n) is 1.99. The maximum absolute atomic E-state index is 11.5. The highest BCUT2D eigenvalue weighted by atomic mass is 35.5. The van der Waals surface area contributed by atoms with E-state index in [1.807, 2.05) is 12.1 Å². The Labute approximate surface area is 100 Å². The van der Waals surface area contributed by atoms with E-state index in [1.165, 1.54) is 0 Å². The standard InChI is InChI=1S/C12H15ClN2O/c1-7(2)5-10-9-4-3-8(13)6-11(9)15-12(16)14-10/h3-4,6-7,10H,5H2,1-2H3,(H2,14,15,16). The fourth-order valence-corrected chi connectivity index (χ4v) is 2.16. The lowest BCUT2D eigenvalue weighted by Gasteiger charge is -2.28. The van der Waals surface area contributed by atoms with Crippen LogP contribution in [0, 0.1) is 5.92 Å². The Kier molecular flexibility index (Phi) is 3.06. The maximum atomic E-state index is 11.5. The van der Waals surface area contributed by atoms with Gasteiger partial charge in [0.1, 0.15) is 0 Å². The Morgan fingerprint density at radius 3 is 2.88 bits per heavy atom. The molecule has 0 spiro atoms. The number of amides is 2. The van der Waals surface area contributed by atoms with Crippen LogP contribution in [0.3, 0.4) is 0 Å². The van der Waals surface area contributed by atoms with Crippen LogP contribution in [-0.4, -0.2) is 6.03 Å². The quantitative estimate of drug-likeness (QED) is 0.813. The van der Waals surface area contributed by atoms with Gasteiger partial charge in [0, 0.05) is 10.7 Å². The van der Waals surface area contributed by atoms with Gasteiger partial charge in [0.25, 0.3) is 0 Å². The number of halogens is 1. The Bertz CT molecular complexity index is 417. The van der Waals surface area contributed by atoms with Crippen molar-refractivity contribution in [1.29, 1.82) is 0 Å². The number of benzene rings is 1. The van der Waals surface area contributed by atoms with Crippen LogP contribution in [0.15, 0.2) is 18.2 Å². The Morgan fingerprint density at radius 2 is 2.19 bits per heavy atom. The lowest BCUT2D eigenvalue weighted by molar-refractivity contribution is 0.245. The average molecular weight is 239 g/mol. The van der Waals surface area contributed by atoms with Crippen molar-refractivity contribution >= 4 is 23.3 Å². The molecule has 0 fully saturated rings. The van der Waals surface area contributed by atoms with Crippen molar-refractivity contribution in [3.8, 4) is 0 Å². The molecule has 1 aliphatic rings. The molecule has 1 heterocycles. The molecule has 2 N–H and O–H groups in total. The minimum Gasteiger partial charge on any atom is -0.331 e. The van der Waals surface area contributed by atoms with Crippen molar-refractivity contribution in [2.45, 2.75) is 26.3 Å². The van der Waals surface area contributed by atoms with Crippen molar-refractivity contribution in [3.63, 3.8) is 0 Å². The van der Waals surface area contributed by atoms with Crippen LogP contribution in [-0.2, 0) is 0 Å². The molecule has 1 aromatic carbocycles. The van der Waals surface area contributed by atoms with E-state index in [0.29, 0.717) is 10.9 Å². The third-order valence-corrected chi connectivity index (χ3v) is 2.89. The first-order chi connectivity index (χ1) is 7.56. The van der Waals surface area contributed by atoms with E-state index < -0.39 is 0 Å². The first kappa shape index (κ1) is 11.3. The van der Waals surface area contributed by atoms with Crippen LogP contribution in [0.4, 0.5) is 10.5 Å². The van der Waals surface area contributed by atoms with E-state index in [0.717, 1.165) is 17.7 Å². The highest BCUT2D eigenvalue weighted by Gasteiger charge is 2.24. The van der Waals surface area contributed by atoms with Crippen LogP contribution in [0.5, 0.6) is 0 Å². The van der Waals surface area contributed by atoms with Gasteiger partial charge in [0.05, 0.1) is 6.04 Å². The molecule has 0 saturated carbocycles. The van der Waals surface area contributed by atoms with Gasteiger partial charge in [-0.15, -0.1) is 0 Å². The third-order valence-electron chi connectivity index (χ3n) is 2.65. The molecule has 4 heteroatoms. The van der Waals surface area contributed by atoms with Crippen molar-refractivity contribution in [3.05, 3.63) is 28.8 Å². The molecular weight excluding hydrogens is 224 g/mol. The second kappa shape index (κ2) is 4.34. The first-order valence-electron chi connectivity index (χ1n) is 5.43. The Morgan fingerprint density at radius 1 is 1.44 bits per heavy atom. The summed E-state index contributed by atoms with van der Waals surface area (Å²) in [4.78, 5) is 11.5. The van der Waals surface area contributed by atoms with Gasteiger partial charge in [0.15, 0.2) is 0 Å². The largest absolute Gasteiger partial charge is 0.331 e. The van der Waals surface area contributed by atoms with E-state index in [2.05, 4.69) is 24.5 Å². The van der Waals surface area contributed by atoms with E-state index in [-0.39, 0.29) is 12.1 Å². The summed E-state index contributed by atoms with van der Waals surface area (Å²) in [6.45, 7) is 4.29. The van der Waals surface area contributed by atoms with Gasteiger partial charge in [0.2, 0.25) is 0 Å². The molecule has 2 rings (SSSR count). The molecule has 2 amide bonds. The minimum atomic E-state index is -0.152. The van der Waals surface area contributed by atoms with Gasteiger partial charge in [-0.05, 0) is 30.0 Å². The minimum absolute atomic E-state index is 0.0843. The molecule has 1 atom stereocenters. The van der Waals surface area contributed by atoms with Crippen molar-refractivity contribution < 1.29 is 4.79 Å². The van der Waals surface area contributed by atoms with Crippen LogP contribution >= 0.6 is 11.6 Å². The number of carbonyl (C=O) groups excluding carboxylic acids is 1. The smallest absolute Gasteiger partial charge is 0.319 e. The lowest BCUT2D eigenvalue weighted by Crippen LogP contribution is -2.38. The summed E-state index contributed by atoms with van der Waals surface area (Å²) >= 11 is 5.91. The molecule has 16 heavy (non-hydrogen) atoms. The average Bonchev–Trinajstić information content (AvgIpc) is 2.15. The molecule has 0 aromatic heterocycles. The third kappa shape index (κ3) is 2.30. The van der Waals surface area contributed by atoms with Gasteiger partial charge < -0.3 is 10.6 Å². The lowest BCUT2D eigenvalue weighted by atomic mass is 9.94. The Hall–Kier alpha value is -1.22. The number of rotatable bonds is 2. The molecular formula is C12H15ClN2O. The van der Waals surface area contributed by atoms with E-state index in [1.54, 1.807) is 6.07 Å². The van der Waals surface area contributed by atoms with Crippen LogP contribution in [0.1, 0.15) is 31.9 Å². The van der Waals surface area contributed by atoms with Gasteiger partial charge in [-0.25, -0.2) is 4.79 Å². The SMILES string of the molecule is CC(C)CC1NC(=O)Nc2cc(Cl)ccc21. The number of hydrogen-bond acceptors (Lipinski definition) is 1. The molecule has 0 aliphatic carbocycles. The molecule has 1 aliphatic heterocycles. The summed E-state index contributed by atoms with van der Waals surface area (Å²) in [6, 6.07) is 5.55. The summed E-state index contributed by atoms with van der Waals surface area (Å²) in [5.41, 5.74) is 1.93. The molecule has 3 nitrogen and oxygen atoms in total. The highest BCUT2D eigenvalue weighted by molar-refractivity contribution is 6.31. The second-order valence-electron chi connectivity index (χ2n) is 4.51. The molecule has 86 valence electrons. The zero-order valence-corrected chi connectivity index (χ0v) is 10.1. The van der Waals surface area contributed by atoms with Gasteiger partial charge in [-0.3, -0.25) is 0 Å². The molecule has 0 saturated heterocycles. The number of hydrogen-bond donors (Lipinski definition) is 2. The number of nitrogens with one attached hydrogen (secondary N) is 2. The fraction of sp³-hybridized carbons (Fsp3) is 0.417. The highest BCUT2D eigenvalue weighted by Crippen LogP contribution is 2.32. The van der Waals surface area contributed by atoms with Crippen molar-refractivity contribution in [2.24, 2.45) is 5.92 Å². The number of urea groups is 1. The maximum Gasteiger partial charge on any atom is 0.319 e. The van der Waals surface area contributed by atoms with E-state index >= 15 is 0 Å². The van der Waals surface area contributed by atoms with Crippen LogP contribution in [0.2, 0.25) is 5.02 Å². The summed E-state index contributed by atoms with van der Waals surface area (Å²) in [5, 5.41) is 6.34.